The van der Waals surface area contributed by atoms with Crippen molar-refractivity contribution in [3.8, 4) is 5.69 Å². The number of nitrogens with zero attached hydrogens (tertiary/aromatic N) is 4. The Morgan fingerprint density at radius 3 is 2.80 bits per heavy atom. The van der Waals surface area contributed by atoms with E-state index in [2.05, 4.69) is 29.5 Å². The van der Waals surface area contributed by atoms with E-state index in [-0.39, 0.29) is 17.3 Å². The third kappa shape index (κ3) is 4.60. The van der Waals surface area contributed by atoms with Crippen molar-refractivity contribution in [3.05, 3.63) is 46.3 Å². The number of aromatic nitrogens is 3. The van der Waals surface area contributed by atoms with Crippen LogP contribution >= 0.6 is 0 Å². The van der Waals surface area contributed by atoms with Gasteiger partial charge in [0.05, 0.1) is 22.3 Å². The van der Waals surface area contributed by atoms with E-state index >= 15 is 0 Å². The molecule has 0 aliphatic carbocycles. The number of non-ortho nitro benzene ring substituents is 1. The van der Waals surface area contributed by atoms with Gasteiger partial charge >= 0.3 is 0 Å². The normalized spacial score (nSPS) is 13.5. The fourth-order valence-electron chi connectivity index (χ4n) is 2.67. The van der Waals surface area contributed by atoms with Gasteiger partial charge in [0, 0.05) is 18.7 Å². The van der Waals surface area contributed by atoms with Crippen molar-refractivity contribution in [1.29, 1.82) is 0 Å². The molecule has 3 N–H and O–H groups in total. The standard InChI is InChI=1S/C16H22N6O3/c1-11(2)8-16(3,10-17)18-15(23)14-9-21(20-19-14)12-5-4-6-13(7-12)22(24)25/h4-7,9,11H,8,10,17H2,1-3H3,(H,18,23). The molecule has 134 valence electrons. The van der Waals surface area contributed by atoms with Crippen LogP contribution in [0.4, 0.5) is 5.69 Å². The molecule has 25 heavy (non-hydrogen) atoms. The summed E-state index contributed by atoms with van der Waals surface area (Å²) in [7, 11) is 0. The molecule has 0 bridgehead atoms. The van der Waals surface area contributed by atoms with E-state index in [9.17, 15) is 14.9 Å². The van der Waals surface area contributed by atoms with Crippen LogP contribution in [0.5, 0.6) is 0 Å². The van der Waals surface area contributed by atoms with Crippen molar-refractivity contribution >= 4 is 11.6 Å². The Bertz CT molecular complexity index is 773. The van der Waals surface area contributed by atoms with Crippen molar-refractivity contribution in [3.63, 3.8) is 0 Å². The number of rotatable bonds is 7. The minimum Gasteiger partial charge on any atom is -0.344 e. The molecule has 1 aromatic heterocycles. The quantitative estimate of drug-likeness (QED) is 0.579. The molecule has 1 aromatic carbocycles. The summed E-state index contributed by atoms with van der Waals surface area (Å²) >= 11 is 0. The second kappa shape index (κ2) is 7.39. The third-order valence-corrected chi connectivity index (χ3v) is 3.76. The second-order valence-corrected chi connectivity index (χ2v) is 6.64. The van der Waals surface area contributed by atoms with E-state index in [1.165, 1.54) is 23.0 Å². The Morgan fingerprint density at radius 2 is 2.20 bits per heavy atom. The van der Waals surface area contributed by atoms with E-state index in [0.29, 0.717) is 18.2 Å². The molecule has 9 heteroatoms. The molecule has 0 aliphatic heterocycles. The molecule has 1 amide bonds. The number of hydrogen-bond donors (Lipinski definition) is 2. The maximum Gasteiger partial charge on any atom is 0.273 e. The van der Waals surface area contributed by atoms with E-state index < -0.39 is 10.5 Å². The lowest BCUT2D eigenvalue weighted by molar-refractivity contribution is -0.384. The fourth-order valence-corrected chi connectivity index (χ4v) is 2.67. The van der Waals surface area contributed by atoms with Crippen molar-refractivity contribution in [2.45, 2.75) is 32.7 Å². The smallest absolute Gasteiger partial charge is 0.273 e. The summed E-state index contributed by atoms with van der Waals surface area (Å²) in [6.45, 7) is 6.29. The number of amides is 1. The summed E-state index contributed by atoms with van der Waals surface area (Å²) in [5, 5.41) is 21.5. The SMILES string of the molecule is CC(C)CC(C)(CN)NC(=O)c1cn(-c2cccc([N+](=O)[O-])c2)nn1. The average Bonchev–Trinajstić information content (AvgIpc) is 3.04. The van der Waals surface area contributed by atoms with Crippen LogP contribution in [0.3, 0.4) is 0 Å². The molecular formula is C16H22N6O3. The van der Waals surface area contributed by atoms with Crippen molar-refractivity contribution in [2.75, 3.05) is 6.54 Å². The van der Waals surface area contributed by atoms with Gasteiger partial charge in [0.25, 0.3) is 11.6 Å². The molecular weight excluding hydrogens is 324 g/mol. The largest absolute Gasteiger partial charge is 0.344 e. The average molecular weight is 346 g/mol. The van der Waals surface area contributed by atoms with Gasteiger partial charge in [0.1, 0.15) is 0 Å². The lowest BCUT2D eigenvalue weighted by Gasteiger charge is -2.30. The van der Waals surface area contributed by atoms with Crippen molar-refractivity contribution in [2.24, 2.45) is 11.7 Å². The van der Waals surface area contributed by atoms with Gasteiger partial charge in [0.2, 0.25) is 0 Å². The molecule has 0 saturated carbocycles. The van der Waals surface area contributed by atoms with Gasteiger partial charge in [-0.15, -0.1) is 5.10 Å². The fraction of sp³-hybridized carbons (Fsp3) is 0.438. The Morgan fingerprint density at radius 1 is 1.48 bits per heavy atom. The van der Waals surface area contributed by atoms with Crippen LogP contribution in [0, 0.1) is 16.0 Å². The maximum atomic E-state index is 12.4. The van der Waals surface area contributed by atoms with Crippen LogP contribution in [0.25, 0.3) is 5.69 Å². The van der Waals surface area contributed by atoms with Gasteiger partial charge in [-0.25, -0.2) is 4.68 Å². The van der Waals surface area contributed by atoms with Gasteiger partial charge in [-0.3, -0.25) is 14.9 Å². The Labute approximate surface area is 145 Å². The zero-order chi connectivity index (χ0) is 18.6. The van der Waals surface area contributed by atoms with Crippen LogP contribution in [-0.2, 0) is 0 Å². The molecule has 9 nitrogen and oxygen atoms in total. The summed E-state index contributed by atoms with van der Waals surface area (Å²) in [5.41, 5.74) is 5.77. The molecule has 0 radical (unpaired) electrons. The molecule has 1 heterocycles. The molecule has 0 fully saturated rings. The lowest BCUT2D eigenvalue weighted by atomic mass is 9.90. The zero-order valence-corrected chi connectivity index (χ0v) is 14.5. The van der Waals surface area contributed by atoms with Gasteiger partial charge < -0.3 is 11.1 Å². The number of nitrogens with two attached hydrogens (primary N) is 1. The van der Waals surface area contributed by atoms with Gasteiger partial charge in [-0.2, -0.15) is 0 Å². The van der Waals surface area contributed by atoms with Gasteiger partial charge in [0.15, 0.2) is 5.69 Å². The lowest BCUT2D eigenvalue weighted by Crippen LogP contribution is -2.52. The first-order chi connectivity index (χ1) is 11.7. The van der Waals surface area contributed by atoms with E-state index in [0.717, 1.165) is 6.42 Å². The highest BCUT2D eigenvalue weighted by Crippen LogP contribution is 2.18. The van der Waals surface area contributed by atoms with Gasteiger partial charge in [-0.1, -0.05) is 25.1 Å². The number of carbonyl (C=O) groups excluding carboxylic acids is 1. The van der Waals surface area contributed by atoms with Crippen LogP contribution in [0.2, 0.25) is 0 Å². The summed E-state index contributed by atoms with van der Waals surface area (Å²) < 4.78 is 1.32. The molecule has 0 spiro atoms. The topological polar surface area (TPSA) is 129 Å². The number of hydrogen-bond acceptors (Lipinski definition) is 6. The monoisotopic (exact) mass is 346 g/mol. The number of nitro groups is 1. The highest BCUT2D eigenvalue weighted by Gasteiger charge is 2.27. The van der Waals surface area contributed by atoms with E-state index in [1.807, 2.05) is 6.92 Å². The summed E-state index contributed by atoms with van der Waals surface area (Å²) in [6.07, 6.45) is 2.16. The number of carbonyl (C=O) groups is 1. The Balaban J connectivity index is 2.19. The predicted molar refractivity (Wildman–Crippen MR) is 92.4 cm³/mol. The predicted octanol–water partition coefficient (Wildman–Crippen LogP) is 1.67. The molecule has 0 aliphatic rings. The summed E-state index contributed by atoms with van der Waals surface area (Å²) in [4.78, 5) is 22.8. The molecule has 2 aromatic rings. The van der Waals surface area contributed by atoms with Crippen LogP contribution in [0.15, 0.2) is 30.5 Å². The number of nitrogens with one attached hydrogen (secondary N) is 1. The number of nitro benzene ring substituents is 1. The van der Waals surface area contributed by atoms with E-state index in [1.54, 1.807) is 12.1 Å². The first-order valence-corrected chi connectivity index (χ1v) is 7.94. The van der Waals surface area contributed by atoms with Crippen molar-refractivity contribution < 1.29 is 9.72 Å². The number of benzene rings is 1. The molecule has 0 saturated heterocycles. The van der Waals surface area contributed by atoms with Gasteiger partial charge in [-0.05, 0) is 25.3 Å². The Hall–Kier alpha value is -2.81. The highest BCUT2D eigenvalue weighted by atomic mass is 16.6. The van der Waals surface area contributed by atoms with Crippen LogP contribution in [-0.4, -0.2) is 37.9 Å². The zero-order valence-electron chi connectivity index (χ0n) is 14.5. The summed E-state index contributed by atoms with van der Waals surface area (Å²) in [5.74, 6) is -0.0142. The molecule has 1 atom stereocenters. The van der Waals surface area contributed by atoms with E-state index in [4.69, 9.17) is 5.73 Å². The molecule has 1 unspecified atom stereocenters. The maximum absolute atomic E-state index is 12.4. The van der Waals surface area contributed by atoms with Crippen LogP contribution in [0.1, 0.15) is 37.7 Å². The third-order valence-electron chi connectivity index (χ3n) is 3.76. The summed E-state index contributed by atoms with van der Waals surface area (Å²) in [6, 6.07) is 5.93. The Kier molecular flexibility index (Phi) is 5.48. The second-order valence-electron chi connectivity index (χ2n) is 6.64. The van der Waals surface area contributed by atoms with Crippen molar-refractivity contribution in [1.82, 2.24) is 20.3 Å². The highest BCUT2D eigenvalue weighted by molar-refractivity contribution is 5.92. The first-order valence-electron chi connectivity index (χ1n) is 7.94. The van der Waals surface area contributed by atoms with Crippen LogP contribution < -0.4 is 11.1 Å². The minimum atomic E-state index is -0.541. The molecule has 2 rings (SSSR count). The minimum absolute atomic E-state index is 0.0633. The first kappa shape index (κ1) is 18.5.